The average Bonchev–Trinajstić information content (AvgIpc) is 3.03. The number of esters is 2. The Morgan fingerprint density at radius 1 is 1.09 bits per heavy atom. The molecule has 7 nitrogen and oxygen atoms in total. The molecule has 0 radical (unpaired) electrons. The second kappa shape index (κ2) is 11.8. The first-order valence-electron chi connectivity index (χ1n) is 11.5. The molecule has 0 saturated carbocycles. The second-order valence-corrected chi connectivity index (χ2v) is 9.66. The minimum absolute atomic E-state index is 0.0381. The number of hydrogen-bond donors (Lipinski definition) is 0. The highest BCUT2D eigenvalue weighted by atomic mass is 35.5. The highest BCUT2D eigenvalue weighted by molar-refractivity contribution is 6.33. The Balaban J connectivity index is 2.27. The first-order valence-corrected chi connectivity index (χ1v) is 11.9. The quantitative estimate of drug-likeness (QED) is 0.185. The lowest BCUT2D eigenvalue weighted by Crippen LogP contribution is -2.27. The summed E-state index contributed by atoms with van der Waals surface area (Å²) in [5, 5.41) is 0.117. The van der Waals surface area contributed by atoms with E-state index in [1.807, 2.05) is 19.9 Å². The van der Waals surface area contributed by atoms with E-state index in [2.05, 4.69) is 6.08 Å². The monoisotopic (exact) mass is 504 g/mol. The Morgan fingerprint density at radius 3 is 2.20 bits per heavy atom. The van der Waals surface area contributed by atoms with Crippen LogP contribution < -0.4 is 9.47 Å². The van der Waals surface area contributed by atoms with Crippen molar-refractivity contribution < 1.29 is 33.4 Å². The van der Waals surface area contributed by atoms with Crippen molar-refractivity contribution in [2.75, 3.05) is 0 Å². The van der Waals surface area contributed by atoms with Gasteiger partial charge < -0.3 is 14.2 Å². The zero-order valence-corrected chi connectivity index (χ0v) is 22.1. The number of ether oxygens (including phenoxy) is 3. The molecule has 0 aromatic heterocycles. The van der Waals surface area contributed by atoms with E-state index in [1.54, 1.807) is 20.8 Å². The third kappa shape index (κ3) is 7.12. The smallest absolute Gasteiger partial charge is 0.308 e. The first-order chi connectivity index (χ1) is 16.3. The molecule has 0 spiro atoms. The van der Waals surface area contributed by atoms with Crippen LogP contribution in [0.15, 0.2) is 23.3 Å². The lowest BCUT2D eigenvalue weighted by molar-refractivity contribution is -0.132. The Morgan fingerprint density at radius 2 is 1.69 bits per heavy atom. The maximum Gasteiger partial charge on any atom is 0.308 e. The molecule has 1 heterocycles. The number of ketones is 1. The minimum atomic E-state index is -0.745. The number of rotatable bonds is 9. The number of aldehydes is 1. The SMILES string of the molecule is CC(=O)Oc1c(Cl)c(C)c(C=O)c(OC(C)=O)c1CC=C(C)CCC=C(C)[C@@H]1CC(=O)C(C)(C)O1. The number of hydrogen-bond acceptors (Lipinski definition) is 7. The molecular weight excluding hydrogens is 472 g/mol. The van der Waals surface area contributed by atoms with E-state index in [-0.39, 0.29) is 40.4 Å². The fraction of sp³-hybridized carbons (Fsp3) is 0.481. The summed E-state index contributed by atoms with van der Waals surface area (Å²) in [7, 11) is 0. The molecule has 190 valence electrons. The van der Waals surface area contributed by atoms with Crippen LogP contribution >= 0.6 is 11.6 Å². The van der Waals surface area contributed by atoms with Gasteiger partial charge in [0.2, 0.25) is 0 Å². The summed E-state index contributed by atoms with van der Waals surface area (Å²) in [6, 6.07) is 0. The zero-order chi connectivity index (χ0) is 26.5. The largest absolute Gasteiger partial charge is 0.425 e. The van der Waals surface area contributed by atoms with Crippen LogP contribution in [0, 0.1) is 6.92 Å². The second-order valence-electron chi connectivity index (χ2n) is 9.28. The number of carbonyl (C=O) groups excluding carboxylic acids is 4. The van der Waals surface area contributed by atoms with Crippen LogP contribution in [0.4, 0.5) is 0 Å². The lowest BCUT2D eigenvalue weighted by atomic mass is 9.98. The summed E-state index contributed by atoms with van der Waals surface area (Å²) in [6.07, 6.45) is 6.44. The number of benzene rings is 1. The molecule has 1 aromatic rings. The Hall–Kier alpha value is -2.77. The molecule has 35 heavy (non-hydrogen) atoms. The third-order valence-electron chi connectivity index (χ3n) is 5.98. The van der Waals surface area contributed by atoms with Gasteiger partial charge in [-0.25, -0.2) is 0 Å². The molecule has 1 aliphatic rings. The van der Waals surface area contributed by atoms with Crippen LogP contribution in [0.1, 0.15) is 82.3 Å². The summed E-state index contributed by atoms with van der Waals surface area (Å²) in [6.45, 7) is 11.6. The average molecular weight is 505 g/mol. The molecule has 1 atom stereocenters. The minimum Gasteiger partial charge on any atom is -0.425 e. The molecule has 2 rings (SSSR count). The Labute approximate surface area is 211 Å². The van der Waals surface area contributed by atoms with E-state index >= 15 is 0 Å². The number of carbonyl (C=O) groups is 4. The van der Waals surface area contributed by atoms with Gasteiger partial charge in [-0.05, 0) is 65.0 Å². The highest BCUT2D eigenvalue weighted by Crippen LogP contribution is 2.42. The van der Waals surface area contributed by atoms with Gasteiger partial charge in [0.1, 0.15) is 11.4 Å². The molecule has 1 fully saturated rings. The van der Waals surface area contributed by atoms with Gasteiger partial charge in [-0.15, -0.1) is 0 Å². The maximum atomic E-state index is 12.0. The highest BCUT2D eigenvalue weighted by Gasteiger charge is 2.40. The summed E-state index contributed by atoms with van der Waals surface area (Å²) >= 11 is 6.42. The van der Waals surface area contributed by atoms with Gasteiger partial charge in [-0.3, -0.25) is 19.2 Å². The van der Waals surface area contributed by atoms with E-state index in [0.717, 1.165) is 24.0 Å². The summed E-state index contributed by atoms with van der Waals surface area (Å²) in [5.41, 5.74) is 2.14. The van der Waals surface area contributed by atoms with Gasteiger partial charge in [0, 0.05) is 25.8 Å². The van der Waals surface area contributed by atoms with Crippen LogP contribution in [0.25, 0.3) is 0 Å². The number of halogens is 1. The zero-order valence-electron chi connectivity index (χ0n) is 21.4. The fourth-order valence-electron chi connectivity index (χ4n) is 3.86. The molecule has 0 N–H and O–H groups in total. The van der Waals surface area contributed by atoms with Crippen molar-refractivity contribution in [2.45, 2.75) is 85.9 Å². The van der Waals surface area contributed by atoms with E-state index in [1.165, 1.54) is 13.8 Å². The molecule has 1 saturated heterocycles. The molecule has 0 amide bonds. The first kappa shape index (κ1) is 28.5. The molecule has 8 heteroatoms. The van der Waals surface area contributed by atoms with Crippen LogP contribution in [0.2, 0.25) is 5.02 Å². The van der Waals surface area contributed by atoms with Crippen molar-refractivity contribution >= 4 is 35.6 Å². The molecule has 1 aliphatic heterocycles. The Kier molecular flexibility index (Phi) is 9.58. The molecule has 0 aliphatic carbocycles. The van der Waals surface area contributed by atoms with Gasteiger partial charge in [-0.2, -0.15) is 0 Å². The summed E-state index contributed by atoms with van der Waals surface area (Å²) in [4.78, 5) is 47.3. The van der Waals surface area contributed by atoms with Gasteiger partial charge >= 0.3 is 11.9 Å². The number of allylic oxidation sites excluding steroid dienone is 3. The Bertz CT molecular complexity index is 1100. The van der Waals surface area contributed by atoms with E-state index in [4.69, 9.17) is 25.8 Å². The molecular formula is C27H33ClO7. The van der Waals surface area contributed by atoms with Crippen molar-refractivity contribution in [2.24, 2.45) is 0 Å². The lowest BCUT2D eigenvalue weighted by Gasteiger charge is -2.19. The number of Topliss-reactive ketones (excluding diaryl/α,β-unsaturated/α-hetero) is 1. The van der Waals surface area contributed by atoms with Gasteiger partial charge in [0.25, 0.3) is 0 Å². The van der Waals surface area contributed by atoms with E-state index in [0.29, 0.717) is 23.8 Å². The van der Waals surface area contributed by atoms with Gasteiger partial charge in [-0.1, -0.05) is 29.3 Å². The molecule has 0 bridgehead atoms. The predicted octanol–water partition coefficient (Wildman–Crippen LogP) is 5.66. The summed E-state index contributed by atoms with van der Waals surface area (Å²) < 4.78 is 16.6. The third-order valence-corrected chi connectivity index (χ3v) is 6.44. The van der Waals surface area contributed by atoms with E-state index in [9.17, 15) is 19.2 Å². The van der Waals surface area contributed by atoms with Crippen molar-refractivity contribution in [1.82, 2.24) is 0 Å². The van der Waals surface area contributed by atoms with Crippen molar-refractivity contribution in [3.63, 3.8) is 0 Å². The summed E-state index contributed by atoms with van der Waals surface area (Å²) in [5.74, 6) is -0.982. The topological polar surface area (TPSA) is 96.0 Å². The van der Waals surface area contributed by atoms with Crippen molar-refractivity contribution in [1.29, 1.82) is 0 Å². The normalized spacial score (nSPS) is 17.9. The molecule has 1 aromatic carbocycles. The van der Waals surface area contributed by atoms with Crippen molar-refractivity contribution in [3.8, 4) is 11.5 Å². The van der Waals surface area contributed by atoms with Crippen LogP contribution in [-0.2, 0) is 25.5 Å². The molecule has 0 unspecified atom stereocenters. The standard InChI is InChI=1S/C27H33ClO7/c1-15(9-8-10-16(2)22-13-23(32)27(6,7)35-22)11-12-20-25(33-18(4)30)21(14-29)17(3)24(28)26(20)34-19(5)31/h10-11,14,22H,8-9,12-13H2,1-7H3/t22-/m0/s1. The van der Waals surface area contributed by atoms with Gasteiger partial charge in [0.05, 0.1) is 16.7 Å². The van der Waals surface area contributed by atoms with E-state index < -0.39 is 17.5 Å². The maximum absolute atomic E-state index is 12.0. The fourth-order valence-corrected chi connectivity index (χ4v) is 4.12. The van der Waals surface area contributed by atoms with Crippen molar-refractivity contribution in [3.05, 3.63) is 45.0 Å². The predicted molar refractivity (Wildman–Crippen MR) is 133 cm³/mol. The van der Waals surface area contributed by atoms with Crippen LogP contribution in [0.3, 0.4) is 0 Å². The van der Waals surface area contributed by atoms with Crippen LogP contribution in [0.5, 0.6) is 11.5 Å². The van der Waals surface area contributed by atoms with Gasteiger partial charge in [0.15, 0.2) is 17.8 Å². The van der Waals surface area contributed by atoms with Crippen LogP contribution in [-0.4, -0.2) is 35.7 Å².